The van der Waals surface area contributed by atoms with Gasteiger partial charge in [0.05, 0.1) is 12.4 Å². The molecule has 0 unspecified atom stereocenters. The van der Waals surface area contributed by atoms with Gasteiger partial charge in [0.1, 0.15) is 29.0 Å². The summed E-state index contributed by atoms with van der Waals surface area (Å²) in [5.74, 6) is -0.0968. The fraction of sp³-hybridized carbons (Fsp3) is 0. The van der Waals surface area contributed by atoms with Crippen LogP contribution in [0.15, 0.2) is 24.5 Å². The Labute approximate surface area is 90.4 Å². The summed E-state index contributed by atoms with van der Waals surface area (Å²) in [4.78, 5) is 11.6. The molecule has 2 heterocycles. The highest BCUT2D eigenvalue weighted by molar-refractivity contribution is 5.55. The van der Waals surface area contributed by atoms with Crippen molar-refractivity contribution in [2.75, 3.05) is 5.73 Å². The van der Waals surface area contributed by atoms with E-state index >= 15 is 0 Å². The van der Waals surface area contributed by atoms with Crippen molar-refractivity contribution < 1.29 is 4.39 Å². The number of anilines is 1. The number of nitrogens with two attached hydrogens (primary N) is 1. The quantitative estimate of drug-likeness (QED) is 0.770. The highest BCUT2D eigenvalue weighted by atomic mass is 19.1. The lowest BCUT2D eigenvalue weighted by Gasteiger charge is -2.00. The van der Waals surface area contributed by atoms with Crippen LogP contribution < -0.4 is 5.73 Å². The second-order valence-corrected chi connectivity index (χ2v) is 2.97. The molecule has 0 aliphatic heterocycles. The van der Waals surface area contributed by atoms with E-state index < -0.39 is 5.82 Å². The number of halogens is 1. The SMILES string of the molecule is N#Cc1cnc(-c2ccc(F)cn2)nc1N. The highest BCUT2D eigenvalue weighted by Gasteiger charge is 2.06. The molecule has 0 amide bonds. The maximum Gasteiger partial charge on any atom is 0.180 e. The molecule has 78 valence electrons. The Balaban J connectivity index is 2.46. The molecule has 0 aliphatic rings. The van der Waals surface area contributed by atoms with Crippen LogP contribution >= 0.6 is 0 Å². The van der Waals surface area contributed by atoms with E-state index in [1.807, 2.05) is 6.07 Å². The fourth-order valence-corrected chi connectivity index (χ4v) is 1.11. The minimum atomic E-state index is -0.439. The molecule has 16 heavy (non-hydrogen) atoms. The van der Waals surface area contributed by atoms with Crippen molar-refractivity contribution >= 4 is 5.82 Å². The molecule has 0 aromatic carbocycles. The number of rotatable bonds is 1. The fourth-order valence-electron chi connectivity index (χ4n) is 1.11. The molecule has 0 aliphatic carbocycles. The first-order chi connectivity index (χ1) is 7.70. The monoisotopic (exact) mass is 215 g/mol. The van der Waals surface area contributed by atoms with Crippen LogP contribution in [0.25, 0.3) is 11.5 Å². The number of aromatic nitrogens is 3. The maximum absolute atomic E-state index is 12.6. The van der Waals surface area contributed by atoms with Crippen LogP contribution in [0.1, 0.15) is 5.56 Å². The van der Waals surface area contributed by atoms with Gasteiger partial charge in [-0.05, 0) is 12.1 Å². The van der Waals surface area contributed by atoms with Gasteiger partial charge in [0.2, 0.25) is 0 Å². The molecule has 2 N–H and O–H groups in total. The van der Waals surface area contributed by atoms with E-state index in [2.05, 4.69) is 15.0 Å². The molecule has 0 radical (unpaired) electrons. The van der Waals surface area contributed by atoms with Crippen LogP contribution in [0.2, 0.25) is 0 Å². The van der Waals surface area contributed by atoms with Gasteiger partial charge in [0.25, 0.3) is 0 Å². The summed E-state index contributed by atoms with van der Waals surface area (Å²) in [5, 5.41) is 8.64. The van der Waals surface area contributed by atoms with E-state index in [1.165, 1.54) is 18.3 Å². The summed E-state index contributed by atoms with van der Waals surface area (Å²) in [6.45, 7) is 0. The van der Waals surface area contributed by atoms with Crippen molar-refractivity contribution in [3.05, 3.63) is 35.9 Å². The Hall–Kier alpha value is -2.55. The van der Waals surface area contributed by atoms with Gasteiger partial charge < -0.3 is 5.73 Å². The zero-order valence-corrected chi connectivity index (χ0v) is 8.05. The standard InChI is InChI=1S/C10H6FN5/c11-7-1-2-8(14-5-7)10-15-4-6(3-12)9(13)16-10/h1-2,4-5H,(H2,13,15,16). The summed E-state index contributed by atoms with van der Waals surface area (Å²) in [6.07, 6.45) is 2.37. The van der Waals surface area contributed by atoms with Crippen molar-refractivity contribution in [2.24, 2.45) is 0 Å². The number of nitrogen functional groups attached to an aromatic ring is 1. The second-order valence-electron chi connectivity index (χ2n) is 2.97. The molecule has 2 rings (SSSR count). The first-order valence-corrected chi connectivity index (χ1v) is 4.35. The largest absolute Gasteiger partial charge is 0.382 e. The van der Waals surface area contributed by atoms with Crippen LogP contribution in [-0.4, -0.2) is 15.0 Å². The van der Waals surface area contributed by atoms with Gasteiger partial charge in [-0.25, -0.2) is 19.3 Å². The zero-order chi connectivity index (χ0) is 11.5. The number of pyridine rings is 1. The highest BCUT2D eigenvalue weighted by Crippen LogP contribution is 2.14. The first kappa shape index (κ1) is 9.98. The van der Waals surface area contributed by atoms with E-state index in [1.54, 1.807) is 0 Å². The third-order valence-corrected chi connectivity index (χ3v) is 1.90. The molecule has 2 aromatic heterocycles. The average Bonchev–Trinajstić information content (AvgIpc) is 2.30. The molecule has 0 saturated heterocycles. The second kappa shape index (κ2) is 3.90. The van der Waals surface area contributed by atoms with Crippen molar-refractivity contribution in [2.45, 2.75) is 0 Å². The lowest BCUT2D eigenvalue weighted by molar-refractivity contribution is 0.621. The van der Waals surface area contributed by atoms with Crippen LogP contribution in [0.4, 0.5) is 10.2 Å². The van der Waals surface area contributed by atoms with Gasteiger partial charge in [0, 0.05) is 0 Å². The van der Waals surface area contributed by atoms with Crippen molar-refractivity contribution in [3.8, 4) is 17.6 Å². The normalized spacial score (nSPS) is 9.75. The third kappa shape index (κ3) is 1.79. The molecule has 0 saturated carbocycles. The number of hydrogen-bond acceptors (Lipinski definition) is 5. The Morgan fingerprint density at radius 1 is 1.25 bits per heavy atom. The molecule has 6 heteroatoms. The topological polar surface area (TPSA) is 88.5 Å². The lowest BCUT2D eigenvalue weighted by Crippen LogP contribution is -1.99. The van der Waals surface area contributed by atoms with Gasteiger partial charge in [-0.1, -0.05) is 0 Å². The van der Waals surface area contributed by atoms with Gasteiger partial charge in [-0.15, -0.1) is 0 Å². The van der Waals surface area contributed by atoms with Gasteiger partial charge in [-0.2, -0.15) is 5.26 Å². The summed E-state index contributed by atoms with van der Waals surface area (Å²) in [7, 11) is 0. The summed E-state index contributed by atoms with van der Waals surface area (Å²) in [5.41, 5.74) is 6.12. The van der Waals surface area contributed by atoms with Crippen molar-refractivity contribution in [3.63, 3.8) is 0 Å². The van der Waals surface area contributed by atoms with E-state index in [0.717, 1.165) is 6.20 Å². The maximum atomic E-state index is 12.6. The van der Waals surface area contributed by atoms with Crippen LogP contribution in [-0.2, 0) is 0 Å². The molecule has 5 nitrogen and oxygen atoms in total. The Morgan fingerprint density at radius 3 is 2.62 bits per heavy atom. The number of nitrogens with zero attached hydrogens (tertiary/aromatic N) is 4. The average molecular weight is 215 g/mol. The lowest BCUT2D eigenvalue weighted by atomic mass is 10.3. The van der Waals surface area contributed by atoms with E-state index in [4.69, 9.17) is 11.0 Å². The molecular formula is C10H6FN5. The number of nitriles is 1. The number of hydrogen-bond donors (Lipinski definition) is 1. The molecule has 0 bridgehead atoms. The van der Waals surface area contributed by atoms with Crippen molar-refractivity contribution in [1.29, 1.82) is 5.26 Å². The van der Waals surface area contributed by atoms with E-state index in [-0.39, 0.29) is 17.2 Å². The Bertz CT molecular complexity index is 558. The predicted octanol–water partition coefficient (Wildman–Crippen LogP) is 1.13. The Kier molecular flexibility index (Phi) is 2.44. The van der Waals surface area contributed by atoms with Crippen LogP contribution in [0.5, 0.6) is 0 Å². The van der Waals surface area contributed by atoms with Gasteiger partial charge in [0.15, 0.2) is 5.82 Å². The summed E-state index contributed by atoms with van der Waals surface area (Å²) < 4.78 is 12.6. The molecule has 0 spiro atoms. The first-order valence-electron chi connectivity index (χ1n) is 4.35. The van der Waals surface area contributed by atoms with Gasteiger partial charge in [-0.3, -0.25) is 0 Å². The van der Waals surface area contributed by atoms with Crippen LogP contribution in [0.3, 0.4) is 0 Å². The summed E-state index contributed by atoms with van der Waals surface area (Å²) >= 11 is 0. The third-order valence-electron chi connectivity index (χ3n) is 1.90. The zero-order valence-electron chi connectivity index (χ0n) is 8.05. The Morgan fingerprint density at radius 2 is 2.06 bits per heavy atom. The minimum Gasteiger partial charge on any atom is -0.382 e. The molecule has 2 aromatic rings. The molecular weight excluding hydrogens is 209 g/mol. The predicted molar refractivity (Wildman–Crippen MR) is 54.3 cm³/mol. The van der Waals surface area contributed by atoms with Crippen LogP contribution in [0, 0.1) is 17.1 Å². The smallest absolute Gasteiger partial charge is 0.180 e. The van der Waals surface area contributed by atoms with E-state index in [0.29, 0.717) is 5.69 Å². The summed E-state index contributed by atoms with van der Waals surface area (Å²) in [6, 6.07) is 4.54. The molecule has 0 fully saturated rings. The molecule has 0 atom stereocenters. The van der Waals surface area contributed by atoms with Crippen molar-refractivity contribution in [1.82, 2.24) is 15.0 Å². The van der Waals surface area contributed by atoms with Gasteiger partial charge >= 0.3 is 0 Å². The van der Waals surface area contributed by atoms with E-state index in [9.17, 15) is 4.39 Å². The minimum absolute atomic E-state index is 0.0821.